The molecule has 0 unspecified atom stereocenters. The van der Waals surface area contributed by atoms with Gasteiger partial charge < -0.3 is 15.1 Å². The lowest BCUT2D eigenvalue weighted by Gasteiger charge is -2.17. The van der Waals surface area contributed by atoms with Crippen LogP contribution in [0.15, 0.2) is 47.3 Å². The summed E-state index contributed by atoms with van der Waals surface area (Å²) in [5.74, 6) is -1.43. The number of carbonyl (C=O) groups is 1. The number of aromatic amines is 1. The summed E-state index contributed by atoms with van der Waals surface area (Å²) in [7, 11) is 1.52. The molecule has 0 radical (unpaired) electrons. The van der Waals surface area contributed by atoms with E-state index in [9.17, 15) is 24.2 Å². The number of fused-ring (bicyclic) bond motifs is 2. The number of aromatic hydroxyl groups is 2. The highest BCUT2D eigenvalue weighted by Crippen LogP contribution is 2.39. The van der Waals surface area contributed by atoms with E-state index >= 15 is 0 Å². The molecule has 0 bridgehead atoms. The Hall–Kier alpha value is -4.14. The van der Waals surface area contributed by atoms with E-state index in [1.165, 1.54) is 28.6 Å². The number of nitrogens with one attached hydrogen (secondary N) is 1. The molecular weight excluding hydrogens is 415 g/mol. The van der Waals surface area contributed by atoms with Gasteiger partial charge in [0.15, 0.2) is 11.8 Å². The Morgan fingerprint density at radius 2 is 1.75 bits per heavy atom. The van der Waals surface area contributed by atoms with Crippen LogP contribution in [0.1, 0.15) is 32.7 Å². The molecule has 0 spiro atoms. The monoisotopic (exact) mass is 434 g/mol. The number of hydrogen-bond acceptors (Lipinski definition) is 5. The Morgan fingerprint density at radius 1 is 1.09 bits per heavy atom. The fourth-order valence-corrected chi connectivity index (χ4v) is 4.20. The summed E-state index contributed by atoms with van der Waals surface area (Å²) in [4.78, 5) is 26.4. The molecule has 0 aliphatic carbocycles. The SMILES string of the molecule is Cn1c(O)c2c(c1O)CN(C(=O)c1cc(Cc3n[nH]c(=O)c4ccccc34)ccc1F)C2. The maximum absolute atomic E-state index is 14.6. The Bertz CT molecular complexity index is 1430. The zero-order valence-corrected chi connectivity index (χ0v) is 17.1. The molecule has 9 heteroatoms. The van der Waals surface area contributed by atoms with E-state index in [1.807, 2.05) is 6.07 Å². The third-order valence-corrected chi connectivity index (χ3v) is 5.93. The first-order valence-corrected chi connectivity index (χ1v) is 9.97. The number of nitrogens with zero attached hydrogens (tertiary/aromatic N) is 3. The maximum atomic E-state index is 14.6. The van der Waals surface area contributed by atoms with Gasteiger partial charge in [-0.05, 0) is 23.8 Å². The Morgan fingerprint density at radius 3 is 2.44 bits per heavy atom. The van der Waals surface area contributed by atoms with E-state index < -0.39 is 11.7 Å². The lowest BCUT2D eigenvalue weighted by molar-refractivity contribution is 0.0744. The first kappa shape index (κ1) is 19.8. The van der Waals surface area contributed by atoms with Crippen LogP contribution in [0.3, 0.4) is 0 Å². The number of halogens is 1. The largest absolute Gasteiger partial charge is 0.494 e. The minimum Gasteiger partial charge on any atom is -0.494 e. The van der Waals surface area contributed by atoms with Crippen LogP contribution < -0.4 is 5.56 Å². The van der Waals surface area contributed by atoms with E-state index in [4.69, 9.17) is 0 Å². The van der Waals surface area contributed by atoms with Crippen molar-refractivity contribution in [3.63, 3.8) is 0 Å². The zero-order valence-electron chi connectivity index (χ0n) is 17.1. The van der Waals surface area contributed by atoms with Crippen LogP contribution in [0.4, 0.5) is 4.39 Å². The normalized spacial score (nSPS) is 13.0. The predicted octanol–water partition coefficient (Wildman–Crippen LogP) is 2.56. The third-order valence-electron chi connectivity index (χ3n) is 5.93. The van der Waals surface area contributed by atoms with Crippen molar-refractivity contribution in [3.05, 3.63) is 86.6 Å². The van der Waals surface area contributed by atoms with Crippen LogP contribution in [-0.4, -0.2) is 35.8 Å². The molecule has 3 N–H and O–H groups in total. The minimum atomic E-state index is -0.663. The van der Waals surface area contributed by atoms with Gasteiger partial charge in [0, 0.05) is 30.0 Å². The Kier molecular flexibility index (Phi) is 4.47. The van der Waals surface area contributed by atoms with Crippen LogP contribution in [0.25, 0.3) is 10.8 Å². The third kappa shape index (κ3) is 3.01. The molecule has 1 aliphatic rings. The fourth-order valence-electron chi connectivity index (χ4n) is 4.20. The maximum Gasteiger partial charge on any atom is 0.272 e. The second-order valence-corrected chi connectivity index (χ2v) is 7.86. The smallest absolute Gasteiger partial charge is 0.272 e. The Labute approximate surface area is 181 Å². The zero-order chi connectivity index (χ0) is 22.6. The molecule has 1 aliphatic heterocycles. The van der Waals surface area contributed by atoms with E-state index in [-0.39, 0.29) is 36.0 Å². The molecule has 3 heterocycles. The molecular formula is C23H19FN4O4. The first-order valence-electron chi connectivity index (χ1n) is 9.97. The summed E-state index contributed by atoms with van der Waals surface area (Å²) >= 11 is 0. The molecule has 2 aromatic carbocycles. The van der Waals surface area contributed by atoms with E-state index in [2.05, 4.69) is 10.2 Å². The fraction of sp³-hybridized carbons (Fsp3) is 0.174. The number of carbonyl (C=O) groups excluding carboxylic acids is 1. The molecule has 4 aromatic rings. The van der Waals surface area contributed by atoms with Gasteiger partial charge >= 0.3 is 0 Å². The van der Waals surface area contributed by atoms with Crippen LogP contribution in [0.2, 0.25) is 0 Å². The number of hydrogen-bond donors (Lipinski definition) is 3. The van der Waals surface area contributed by atoms with Gasteiger partial charge in [0.2, 0.25) is 0 Å². The highest BCUT2D eigenvalue weighted by Gasteiger charge is 2.33. The van der Waals surface area contributed by atoms with Crippen molar-refractivity contribution >= 4 is 16.7 Å². The number of amides is 1. The molecule has 0 atom stereocenters. The molecule has 0 saturated carbocycles. The van der Waals surface area contributed by atoms with Gasteiger partial charge in [-0.1, -0.05) is 24.3 Å². The molecule has 162 valence electrons. The molecule has 5 rings (SSSR count). The molecule has 0 saturated heterocycles. The molecule has 2 aromatic heterocycles. The van der Waals surface area contributed by atoms with Crippen LogP contribution in [0, 0.1) is 5.82 Å². The van der Waals surface area contributed by atoms with Gasteiger partial charge in [0.25, 0.3) is 11.5 Å². The number of rotatable bonds is 3. The van der Waals surface area contributed by atoms with E-state index in [1.54, 1.807) is 24.3 Å². The number of H-pyrrole nitrogens is 1. The van der Waals surface area contributed by atoms with Crippen molar-refractivity contribution in [2.45, 2.75) is 19.5 Å². The first-order chi connectivity index (χ1) is 15.3. The summed E-state index contributed by atoms with van der Waals surface area (Å²) < 4.78 is 15.8. The van der Waals surface area contributed by atoms with Gasteiger partial charge in [-0.3, -0.25) is 14.2 Å². The van der Waals surface area contributed by atoms with Gasteiger partial charge in [-0.25, -0.2) is 9.49 Å². The minimum absolute atomic E-state index is 0.0736. The van der Waals surface area contributed by atoms with Crippen molar-refractivity contribution in [2.75, 3.05) is 0 Å². The molecule has 0 fully saturated rings. The van der Waals surface area contributed by atoms with Crippen molar-refractivity contribution in [1.82, 2.24) is 19.7 Å². The summed E-state index contributed by atoms with van der Waals surface area (Å²) in [5.41, 5.74) is 1.78. The van der Waals surface area contributed by atoms with Crippen molar-refractivity contribution < 1.29 is 19.4 Å². The van der Waals surface area contributed by atoms with Crippen LogP contribution in [-0.2, 0) is 26.6 Å². The van der Waals surface area contributed by atoms with E-state index in [0.29, 0.717) is 39.6 Å². The highest BCUT2D eigenvalue weighted by atomic mass is 19.1. The summed E-state index contributed by atoms with van der Waals surface area (Å²) in [6.07, 6.45) is 0.292. The highest BCUT2D eigenvalue weighted by molar-refractivity contribution is 5.95. The van der Waals surface area contributed by atoms with Crippen molar-refractivity contribution in [1.29, 1.82) is 0 Å². The van der Waals surface area contributed by atoms with Gasteiger partial charge in [0.1, 0.15) is 5.82 Å². The van der Waals surface area contributed by atoms with Gasteiger partial charge in [-0.2, -0.15) is 5.10 Å². The van der Waals surface area contributed by atoms with Gasteiger partial charge in [0.05, 0.1) is 29.7 Å². The average molecular weight is 434 g/mol. The topological polar surface area (TPSA) is 111 Å². The number of benzene rings is 2. The van der Waals surface area contributed by atoms with Crippen LogP contribution in [0.5, 0.6) is 11.8 Å². The van der Waals surface area contributed by atoms with Crippen LogP contribution >= 0.6 is 0 Å². The second kappa shape index (κ2) is 7.23. The van der Waals surface area contributed by atoms with Gasteiger partial charge in [-0.15, -0.1) is 0 Å². The molecule has 8 nitrogen and oxygen atoms in total. The predicted molar refractivity (Wildman–Crippen MR) is 114 cm³/mol. The van der Waals surface area contributed by atoms with Crippen molar-refractivity contribution in [2.24, 2.45) is 7.05 Å². The molecule has 1 amide bonds. The lowest BCUT2D eigenvalue weighted by atomic mass is 10.0. The van der Waals surface area contributed by atoms with Crippen molar-refractivity contribution in [3.8, 4) is 11.8 Å². The standard InChI is InChI=1S/C23H19FN4O4/c1-27-21(30)16-10-28(11-17(16)22(27)31)23(32)15-8-12(6-7-18(15)24)9-19-13-4-2-3-5-14(13)20(29)26-25-19/h2-8,30-31H,9-11H2,1H3,(H,26,29). The summed E-state index contributed by atoms with van der Waals surface area (Å²) in [6.45, 7) is 0.147. The summed E-state index contributed by atoms with van der Waals surface area (Å²) in [6, 6.07) is 11.3. The lowest BCUT2D eigenvalue weighted by Crippen LogP contribution is -2.26. The summed E-state index contributed by atoms with van der Waals surface area (Å²) in [5, 5.41) is 28.1. The van der Waals surface area contributed by atoms with E-state index in [0.717, 1.165) is 0 Å². The molecule has 32 heavy (non-hydrogen) atoms. The Balaban J connectivity index is 1.45. The average Bonchev–Trinajstić information content (AvgIpc) is 3.32. The second-order valence-electron chi connectivity index (χ2n) is 7.86. The quantitative estimate of drug-likeness (QED) is 0.459. The number of aromatic nitrogens is 3.